The second-order valence-corrected chi connectivity index (χ2v) is 7.58. The number of amides is 1. The quantitative estimate of drug-likeness (QED) is 0.318. The van der Waals surface area contributed by atoms with Crippen molar-refractivity contribution in [3.05, 3.63) is 86.4 Å². The second-order valence-electron chi connectivity index (χ2n) is 6.75. The predicted octanol–water partition coefficient (Wildman–Crippen LogP) is 3.93. The normalized spacial score (nSPS) is 11.7. The molecule has 0 fully saturated rings. The highest BCUT2D eigenvalue weighted by molar-refractivity contribution is 7.71. The predicted molar refractivity (Wildman–Crippen MR) is 122 cm³/mol. The van der Waals surface area contributed by atoms with E-state index >= 15 is 0 Å². The summed E-state index contributed by atoms with van der Waals surface area (Å²) in [4.78, 5) is 40.4. The minimum absolute atomic E-state index is 0.0495. The average molecular weight is 458 g/mol. The van der Waals surface area contributed by atoms with Crippen LogP contribution in [-0.2, 0) is 16.1 Å². The standard InChI is InChI=1S/C22H20ClN3O4S/c1-3-10-26-21(29)16-9-6-14(11-18(16)25-22(26)31)20(28)24-17(12-19(27)30-2)13-4-7-15(23)8-5-13/h3-9,11,17H,1,10,12H2,2H3,(H,24,28)(H,25,31). The summed E-state index contributed by atoms with van der Waals surface area (Å²) in [5.74, 6) is -0.883. The molecule has 0 radical (unpaired) electrons. The summed E-state index contributed by atoms with van der Waals surface area (Å²) in [6.45, 7) is 3.91. The number of H-pyrrole nitrogens is 1. The van der Waals surface area contributed by atoms with E-state index in [1.165, 1.54) is 11.7 Å². The first-order valence-corrected chi connectivity index (χ1v) is 10.1. The number of esters is 1. The molecule has 0 saturated carbocycles. The molecule has 1 amide bonds. The molecule has 2 N–H and O–H groups in total. The molecule has 3 rings (SSSR count). The van der Waals surface area contributed by atoms with Crippen molar-refractivity contribution in [2.24, 2.45) is 0 Å². The number of fused-ring (bicyclic) bond motifs is 1. The van der Waals surface area contributed by atoms with Crippen LogP contribution in [0.5, 0.6) is 0 Å². The average Bonchev–Trinajstić information content (AvgIpc) is 2.76. The summed E-state index contributed by atoms with van der Waals surface area (Å²) < 4.78 is 6.37. The number of hydrogen-bond donors (Lipinski definition) is 2. The molecule has 0 saturated heterocycles. The first kappa shape index (κ1) is 22.5. The van der Waals surface area contributed by atoms with E-state index in [9.17, 15) is 14.4 Å². The van der Waals surface area contributed by atoms with E-state index < -0.39 is 17.9 Å². The van der Waals surface area contributed by atoms with Gasteiger partial charge in [0.1, 0.15) is 0 Å². The Hall–Kier alpha value is -3.23. The van der Waals surface area contributed by atoms with Gasteiger partial charge in [-0.1, -0.05) is 29.8 Å². The molecule has 1 aromatic heterocycles. The number of carbonyl (C=O) groups is 2. The van der Waals surface area contributed by atoms with Crippen molar-refractivity contribution in [3.8, 4) is 0 Å². The number of nitrogens with zero attached hydrogens (tertiary/aromatic N) is 1. The van der Waals surface area contributed by atoms with E-state index in [-0.39, 0.29) is 23.3 Å². The second kappa shape index (κ2) is 9.72. The Bertz CT molecular complexity index is 1260. The zero-order chi connectivity index (χ0) is 22.5. The molecule has 31 heavy (non-hydrogen) atoms. The highest BCUT2D eigenvalue weighted by atomic mass is 35.5. The topological polar surface area (TPSA) is 93.2 Å². The van der Waals surface area contributed by atoms with Crippen molar-refractivity contribution in [2.45, 2.75) is 19.0 Å². The molecule has 1 heterocycles. The molecule has 1 atom stereocenters. The molecule has 0 aliphatic heterocycles. The maximum Gasteiger partial charge on any atom is 0.307 e. The lowest BCUT2D eigenvalue weighted by molar-refractivity contribution is -0.141. The molecule has 1 unspecified atom stereocenters. The van der Waals surface area contributed by atoms with Gasteiger partial charge in [-0.2, -0.15) is 0 Å². The molecule has 160 valence electrons. The first-order chi connectivity index (χ1) is 14.8. The SMILES string of the molecule is C=CCn1c(=S)[nH]c2cc(C(=O)NC(CC(=O)OC)c3ccc(Cl)cc3)ccc2c1=O. The minimum atomic E-state index is -0.619. The Labute approximate surface area is 188 Å². The fourth-order valence-corrected chi connectivity index (χ4v) is 3.52. The van der Waals surface area contributed by atoms with Crippen LogP contribution in [0.15, 0.2) is 59.9 Å². The maximum atomic E-state index is 12.9. The Morgan fingerprint density at radius 3 is 2.65 bits per heavy atom. The van der Waals surface area contributed by atoms with Gasteiger partial charge >= 0.3 is 5.97 Å². The van der Waals surface area contributed by atoms with Crippen molar-refractivity contribution in [1.29, 1.82) is 0 Å². The van der Waals surface area contributed by atoms with E-state index in [1.807, 2.05) is 0 Å². The van der Waals surface area contributed by atoms with Crippen molar-refractivity contribution in [1.82, 2.24) is 14.9 Å². The molecule has 2 aromatic carbocycles. The Kier molecular flexibility index (Phi) is 7.04. The number of nitrogens with one attached hydrogen (secondary N) is 2. The monoisotopic (exact) mass is 457 g/mol. The molecular weight excluding hydrogens is 438 g/mol. The lowest BCUT2D eigenvalue weighted by Gasteiger charge is -2.18. The van der Waals surface area contributed by atoms with E-state index in [4.69, 9.17) is 28.6 Å². The van der Waals surface area contributed by atoms with Gasteiger partial charge in [-0.05, 0) is 48.1 Å². The van der Waals surface area contributed by atoms with Gasteiger partial charge in [-0.3, -0.25) is 19.0 Å². The van der Waals surface area contributed by atoms with E-state index in [2.05, 4.69) is 16.9 Å². The largest absolute Gasteiger partial charge is 0.469 e. The third-order valence-corrected chi connectivity index (χ3v) is 5.31. The molecule has 0 bridgehead atoms. The van der Waals surface area contributed by atoms with Gasteiger partial charge in [0.05, 0.1) is 30.5 Å². The Balaban J connectivity index is 1.94. The number of benzene rings is 2. The summed E-state index contributed by atoms with van der Waals surface area (Å²) >= 11 is 11.2. The number of rotatable bonds is 7. The number of ether oxygens (including phenoxy) is 1. The fourth-order valence-electron chi connectivity index (χ4n) is 3.13. The molecule has 7 nitrogen and oxygen atoms in total. The minimum Gasteiger partial charge on any atom is -0.469 e. The van der Waals surface area contributed by atoms with Gasteiger partial charge in [0.2, 0.25) is 0 Å². The van der Waals surface area contributed by atoms with Gasteiger partial charge in [-0.25, -0.2) is 0 Å². The van der Waals surface area contributed by atoms with Crippen molar-refractivity contribution >= 4 is 46.6 Å². The summed E-state index contributed by atoms with van der Waals surface area (Å²) in [6.07, 6.45) is 1.53. The molecule has 0 spiro atoms. The van der Waals surface area contributed by atoms with Gasteiger partial charge in [0.15, 0.2) is 4.77 Å². The van der Waals surface area contributed by atoms with Gasteiger partial charge in [0, 0.05) is 17.1 Å². The van der Waals surface area contributed by atoms with Gasteiger partial charge in [-0.15, -0.1) is 6.58 Å². The number of aromatic amines is 1. The lowest BCUT2D eigenvalue weighted by atomic mass is 10.0. The number of halogens is 1. The molecule has 0 aliphatic rings. The summed E-state index contributed by atoms with van der Waals surface area (Å²) in [7, 11) is 1.29. The van der Waals surface area contributed by atoms with Crippen LogP contribution in [0.2, 0.25) is 5.02 Å². The van der Waals surface area contributed by atoms with E-state index in [0.717, 1.165) is 0 Å². The zero-order valence-electron chi connectivity index (χ0n) is 16.7. The summed E-state index contributed by atoms with van der Waals surface area (Å²) in [5.41, 5.74) is 1.19. The molecular formula is C22H20ClN3O4S. The number of hydrogen-bond acceptors (Lipinski definition) is 5. The Morgan fingerprint density at radius 2 is 2.00 bits per heavy atom. The molecule has 9 heteroatoms. The molecule has 0 aliphatic carbocycles. The third-order valence-electron chi connectivity index (χ3n) is 4.73. The highest BCUT2D eigenvalue weighted by Crippen LogP contribution is 2.21. The smallest absolute Gasteiger partial charge is 0.307 e. The number of allylic oxidation sites excluding steroid dienone is 1. The lowest BCUT2D eigenvalue weighted by Crippen LogP contribution is -2.30. The van der Waals surface area contributed by atoms with Crippen LogP contribution in [0, 0.1) is 4.77 Å². The number of carbonyl (C=O) groups excluding carboxylic acids is 2. The third kappa shape index (κ3) is 5.10. The van der Waals surface area contributed by atoms with Gasteiger partial charge < -0.3 is 15.0 Å². The highest BCUT2D eigenvalue weighted by Gasteiger charge is 2.20. The summed E-state index contributed by atoms with van der Waals surface area (Å²) in [6, 6.07) is 10.9. The van der Waals surface area contributed by atoms with Crippen LogP contribution in [0.25, 0.3) is 10.9 Å². The van der Waals surface area contributed by atoms with Crippen LogP contribution in [0.1, 0.15) is 28.4 Å². The van der Waals surface area contributed by atoms with Crippen LogP contribution >= 0.6 is 23.8 Å². The van der Waals surface area contributed by atoms with E-state index in [0.29, 0.717) is 27.1 Å². The van der Waals surface area contributed by atoms with Crippen molar-refractivity contribution < 1.29 is 14.3 Å². The maximum absolute atomic E-state index is 12.9. The fraction of sp³-hybridized carbons (Fsp3) is 0.182. The van der Waals surface area contributed by atoms with Crippen LogP contribution in [0.3, 0.4) is 0 Å². The Morgan fingerprint density at radius 1 is 1.29 bits per heavy atom. The first-order valence-electron chi connectivity index (χ1n) is 9.35. The van der Waals surface area contributed by atoms with Crippen molar-refractivity contribution in [2.75, 3.05) is 7.11 Å². The van der Waals surface area contributed by atoms with E-state index in [1.54, 1.807) is 48.5 Å². The van der Waals surface area contributed by atoms with Crippen LogP contribution < -0.4 is 10.9 Å². The van der Waals surface area contributed by atoms with Crippen LogP contribution in [-0.4, -0.2) is 28.5 Å². The van der Waals surface area contributed by atoms with Gasteiger partial charge in [0.25, 0.3) is 11.5 Å². The number of methoxy groups -OCH3 is 1. The van der Waals surface area contributed by atoms with Crippen molar-refractivity contribution in [3.63, 3.8) is 0 Å². The van der Waals surface area contributed by atoms with Crippen LogP contribution in [0.4, 0.5) is 0 Å². The number of aromatic nitrogens is 2. The zero-order valence-corrected chi connectivity index (χ0v) is 18.3. The summed E-state index contributed by atoms with van der Waals surface area (Å²) in [5, 5.41) is 3.78. The molecule has 3 aromatic rings.